The topological polar surface area (TPSA) is 46.2 Å². The van der Waals surface area contributed by atoms with Crippen molar-refractivity contribution in [2.24, 2.45) is 5.92 Å². The maximum absolute atomic E-state index is 12.0. The highest BCUT2D eigenvalue weighted by Crippen LogP contribution is 2.22. The maximum atomic E-state index is 12.0. The highest BCUT2D eigenvalue weighted by molar-refractivity contribution is 7.93. The zero-order chi connectivity index (χ0) is 10.7. The molecule has 3 nitrogen and oxygen atoms in total. The van der Waals surface area contributed by atoms with Crippen LogP contribution in [0.5, 0.6) is 0 Å². The van der Waals surface area contributed by atoms with Gasteiger partial charge >= 0.3 is 0 Å². The molecular weight excluding hydrogens is 230 g/mol. The zero-order valence-electron chi connectivity index (χ0n) is 8.48. The molecule has 15 heavy (non-hydrogen) atoms. The van der Waals surface area contributed by atoms with E-state index >= 15 is 0 Å². The first-order valence-electron chi connectivity index (χ1n) is 5.15. The first-order chi connectivity index (χ1) is 7.18. The van der Waals surface area contributed by atoms with Crippen LogP contribution in [0.4, 0.5) is 0 Å². The van der Waals surface area contributed by atoms with Crippen LogP contribution in [0, 0.1) is 5.92 Å². The van der Waals surface area contributed by atoms with Gasteiger partial charge in [0, 0.05) is 0 Å². The Labute approximate surface area is 94.4 Å². The minimum atomic E-state index is -3.03. The van der Waals surface area contributed by atoms with Gasteiger partial charge in [0.1, 0.15) is 4.21 Å². The van der Waals surface area contributed by atoms with Gasteiger partial charge in [-0.25, -0.2) is 8.42 Å². The quantitative estimate of drug-likeness (QED) is 0.878. The first kappa shape index (κ1) is 11.1. The lowest BCUT2D eigenvalue weighted by atomic mass is 10.0. The molecule has 84 valence electrons. The second-order valence-electron chi connectivity index (χ2n) is 3.91. The molecular formula is C10H15NO2S2. The normalized spacial score (nSPS) is 19.2. The van der Waals surface area contributed by atoms with Gasteiger partial charge in [-0.1, -0.05) is 6.07 Å². The SMILES string of the molecule is O=S(=O)(CC1CCNCC1)c1cccs1. The van der Waals surface area contributed by atoms with Crippen LogP contribution < -0.4 is 5.32 Å². The molecule has 0 radical (unpaired) electrons. The fourth-order valence-corrected chi connectivity index (χ4v) is 4.69. The number of hydrogen-bond donors (Lipinski definition) is 1. The van der Waals surface area contributed by atoms with Crippen LogP contribution in [0.25, 0.3) is 0 Å². The van der Waals surface area contributed by atoms with Crippen LogP contribution in [-0.4, -0.2) is 27.3 Å². The Bertz CT molecular complexity index is 391. The van der Waals surface area contributed by atoms with E-state index in [4.69, 9.17) is 0 Å². The summed E-state index contributed by atoms with van der Waals surface area (Å²) < 4.78 is 24.4. The molecule has 1 saturated heterocycles. The summed E-state index contributed by atoms with van der Waals surface area (Å²) in [6.45, 7) is 1.90. The predicted molar refractivity (Wildman–Crippen MR) is 62.0 cm³/mol. The molecule has 1 fully saturated rings. The summed E-state index contributed by atoms with van der Waals surface area (Å²) in [6, 6.07) is 3.49. The highest BCUT2D eigenvalue weighted by Gasteiger charge is 2.23. The van der Waals surface area contributed by atoms with Gasteiger partial charge in [0.25, 0.3) is 0 Å². The molecule has 0 saturated carbocycles. The molecule has 1 aromatic rings. The second-order valence-corrected chi connectivity index (χ2v) is 7.12. The number of sulfone groups is 1. The van der Waals surface area contributed by atoms with Crippen molar-refractivity contribution in [3.63, 3.8) is 0 Å². The van der Waals surface area contributed by atoms with Gasteiger partial charge < -0.3 is 5.32 Å². The van der Waals surface area contributed by atoms with E-state index in [0.29, 0.717) is 15.9 Å². The molecule has 0 spiro atoms. The molecule has 0 unspecified atom stereocenters. The Morgan fingerprint density at radius 3 is 2.73 bits per heavy atom. The number of hydrogen-bond acceptors (Lipinski definition) is 4. The third kappa shape index (κ3) is 2.80. The average molecular weight is 245 g/mol. The fourth-order valence-electron chi connectivity index (χ4n) is 1.88. The van der Waals surface area contributed by atoms with Crippen molar-refractivity contribution in [2.75, 3.05) is 18.8 Å². The summed E-state index contributed by atoms with van der Waals surface area (Å²) in [7, 11) is -3.03. The lowest BCUT2D eigenvalue weighted by Gasteiger charge is -2.21. The van der Waals surface area contributed by atoms with E-state index in [9.17, 15) is 8.42 Å². The van der Waals surface area contributed by atoms with Crippen LogP contribution in [0.1, 0.15) is 12.8 Å². The second kappa shape index (κ2) is 4.63. The van der Waals surface area contributed by atoms with E-state index in [0.717, 1.165) is 25.9 Å². The van der Waals surface area contributed by atoms with Gasteiger partial charge in [0.15, 0.2) is 9.84 Å². The molecule has 1 aromatic heterocycles. The summed E-state index contributed by atoms with van der Waals surface area (Å²) in [5.74, 6) is 0.646. The monoisotopic (exact) mass is 245 g/mol. The molecule has 2 rings (SSSR count). The van der Waals surface area contributed by atoms with Gasteiger partial charge in [0.2, 0.25) is 0 Å². The minimum absolute atomic E-state index is 0.315. The average Bonchev–Trinajstić information content (AvgIpc) is 2.71. The highest BCUT2D eigenvalue weighted by atomic mass is 32.2. The van der Waals surface area contributed by atoms with E-state index in [1.807, 2.05) is 5.38 Å². The zero-order valence-corrected chi connectivity index (χ0v) is 10.1. The largest absolute Gasteiger partial charge is 0.317 e. The van der Waals surface area contributed by atoms with Crippen LogP contribution in [0.2, 0.25) is 0 Å². The van der Waals surface area contributed by atoms with Gasteiger partial charge in [-0.3, -0.25) is 0 Å². The van der Waals surface area contributed by atoms with E-state index in [-0.39, 0.29) is 0 Å². The van der Waals surface area contributed by atoms with Crippen molar-refractivity contribution in [3.8, 4) is 0 Å². The molecule has 2 heterocycles. The number of rotatable bonds is 3. The molecule has 5 heteroatoms. The van der Waals surface area contributed by atoms with E-state index in [1.54, 1.807) is 12.1 Å². The van der Waals surface area contributed by atoms with Gasteiger partial charge in [0.05, 0.1) is 5.75 Å². The lowest BCUT2D eigenvalue weighted by Crippen LogP contribution is -2.31. The fraction of sp³-hybridized carbons (Fsp3) is 0.600. The third-order valence-corrected chi connectivity index (χ3v) is 6.09. The van der Waals surface area contributed by atoms with Crippen LogP contribution in [0.3, 0.4) is 0 Å². The third-order valence-electron chi connectivity index (χ3n) is 2.72. The number of piperidine rings is 1. The first-order valence-corrected chi connectivity index (χ1v) is 7.69. The Hall–Kier alpha value is -0.390. The Kier molecular flexibility index (Phi) is 3.43. The summed E-state index contributed by atoms with van der Waals surface area (Å²) in [5.41, 5.74) is 0. The van der Waals surface area contributed by atoms with Crippen molar-refractivity contribution in [1.29, 1.82) is 0 Å². The Morgan fingerprint density at radius 1 is 1.40 bits per heavy atom. The molecule has 0 amide bonds. The lowest BCUT2D eigenvalue weighted by molar-refractivity contribution is 0.401. The summed E-state index contributed by atoms with van der Waals surface area (Å²) in [4.78, 5) is 0. The van der Waals surface area contributed by atoms with Gasteiger partial charge in [-0.2, -0.15) is 0 Å². The van der Waals surface area contributed by atoms with Crippen molar-refractivity contribution in [2.45, 2.75) is 17.1 Å². The molecule has 1 N–H and O–H groups in total. The summed E-state index contributed by atoms with van der Waals surface area (Å²) in [5, 5.41) is 5.06. The number of thiophene rings is 1. The van der Waals surface area contributed by atoms with Crippen LogP contribution in [0.15, 0.2) is 21.7 Å². The van der Waals surface area contributed by atoms with E-state index in [2.05, 4.69) is 5.32 Å². The van der Waals surface area contributed by atoms with E-state index in [1.165, 1.54) is 11.3 Å². The van der Waals surface area contributed by atoms with Crippen LogP contribution in [-0.2, 0) is 9.84 Å². The Balaban J connectivity index is 2.04. The maximum Gasteiger partial charge on any atom is 0.188 e. The predicted octanol–water partition coefficient (Wildman–Crippen LogP) is 1.52. The molecule has 0 aliphatic carbocycles. The summed E-state index contributed by atoms with van der Waals surface area (Å²) >= 11 is 1.31. The minimum Gasteiger partial charge on any atom is -0.317 e. The summed E-state index contributed by atoms with van der Waals surface area (Å²) in [6.07, 6.45) is 1.95. The van der Waals surface area contributed by atoms with E-state index < -0.39 is 9.84 Å². The molecule has 0 aromatic carbocycles. The van der Waals surface area contributed by atoms with Crippen molar-refractivity contribution in [3.05, 3.63) is 17.5 Å². The molecule has 0 bridgehead atoms. The smallest absolute Gasteiger partial charge is 0.188 e. The number of nitrogens with one attached hydrogen (secondary N) is 1. The van der Waals surface area contributed by atoms with Crippen molar-refractivity contribution < 1.29 is 8.42 Å². The molecule has 1 aliphatic heterocycles. The van der Waals surface area contributed by atoms with Crippen molar-refractivity contribution >= 4 is 21.2 Å². The van der Waals surface area contributed by atoms with Gasteiger partial charge in [-0.05, 0) is 43.3 Å². The standard InChI is InChI=1S/C10H15NO2S2/c12-15(13,10-2-1-7-14-10)8-9-3-5-11-6-4-9/h1-2,7,9,11H,3-6,8H2. The van der Waals surface area contributed by atoms with Crippen LogP contribution >= 0.6 is 11.3 Å². The van der Waals surface area contributed by atoms with Crippen molar-refractivity contribution in [1.82, 2.24) is 5.32 Å². The molecule has 0 atom stereocenters. The van der Waals surface area contributed by atoms with Gasteiger partial charge in [-0.15, -0.1) is 11.3 Å². The Morgan fingerprint density at radius 2 is 2.13 bits per heavy atom. The molecule has 1 aliphatic rings.